The van der Waals surface area contributed by atoms with Crippen LogP contribution in [0.2, 0.25) is 0 Å². The van der Waals surface area contributed by atoms with Crippen LogP contribution in [0.5, 0.6) is 0 Å². The van der Waals surface area contributed by atoms with E-state index in [1.807, 2.05) is 6.92 Å². The lowest BCUT2D eigenvalue weighted by atomic mass is 9.49. The van der Waals surface area contributed by atoms with Gasteiger partial charge in [-0.2, -0.15) is 0 Å². The molecule has 0 aromatic heterocycles. The Morgan fingerprint density at radius 3 is 2.65 bits per heavy atom. The van der Waals surface area contributed by atoms with E-state index in [0.29, 0.717) is 48.0 Å². The summed E-state index contributed by atoms with van der Waals surface area (Å²) in [6.07, 6.45) is 13.7. The van der Waals surface area contributed by atoms with Gasteiger partial charge in [-0.25, -0.2) is 4.79 Å². The van der Waals surface area contributed by atoms with Crippen LogP contribution < -0.4 is 11.1 Å². The van der Waals surface area contributed by atoms with Crippen LogP contribution in [-0.2, 0) is 23.8 Å². The highest BCUT2D eigenvalue weighted by molar-refractivity contribution is 5.88. The third kappa shape index (κ3) is 4.95. The van der Waals surface area contributed by atoms with Crippen molar-refractivity contribution in [3.8, 4) is 0 Å². The standard InChI is InChI=1S/C32H50N2O6/c1-3-19(12-13-35)30(37)40-31(2)16-21-6-4-5-7-24(21)29(22-8-10-27(33)34-18-22)32(31)17-23-14-20-9-11-28(36)38-25(20)15-26(23)39-32/h3,20-27,29,34-35H,4-18,33H2,1-2H3/t20?,21?,22?,23?,24?,25?,26?,27?,29-,31-,32+/m1/s1. The Kier molecular flexibility index (Phi) is 8.09. The summed E-state index contributed by atoms with van der Waals surface area (Å²) in [5.41, 5.74) is 5.44. The highest BCUT2D eigenvalue weighted by Crippen LogP contribution is 2.64. The minimum Gasteiger partial charge on any atom is -0.462 e. The van der Waals surface area contributed by atoms with Gasteiger partial charge < -0.3 is 30.4 Å². The summed E-state index contributed by atoms with van der Waals surface area (Å²) >= 11 is 0. The highest BCUT2D eigenvalue weighted by atomic mass is 16.6. The summed E-state index contributed by atoms with van der Waals surface area (Å²) < 4.78 is 19.9. The lowest BCUT2D eigenvalue weighted by Gasteiger charge is -2.61. The number of hydrogen-bond donors (Lipinski definition) is 3. The minimum absolute atomic E-state index is 0.00486. The van der Waals surface area contributed by atoms with Gasteiger partial charge in [-0.05, 0) is 101 Å². The first-order valence-corrected chi connectivity index (χ1v) is 16.1. The molecule has 40 heavy (non-hydrogen) atoms. The van der Waals surface area contributed by atoms with Crippen LogP contribution in [0, 0.1) is 35.5 Å². The second-order valence-corrected chi connectivity index (χ2v) is 14.0. The number of hydrogen-bond acceptors (Lipinski definition) is 8. The van der Waals surface area contributed by atoms with E-state index in [1.54, 1.807) is 6.08 Å². The van der Waals surface area contributed by atoms with E-state index >= 15 is 0 Å². The average Bonchev–Trinajstić information content (AvgIpc) is 3.31. The van der Waals surface area contributed by atoms with Gasteiger partial charge in [0.25, 0.3) is 0 Å². The average molecular weight is 559 g/mol. The summed E-state index contributed by atoms with van der Waals surface area (Å²) in [5.74, 6) is 2.07. The smallest absolute Gasteiger partial charge is 0.334 e. The molecule has 0 aromatic carbocycles. The number of aliphatic hydroxyl groups excluding tert-OH is 1. The van der Waals surface area contributed by atoms with E-state index in [1.165, 1.54) is 25.7 Å². The predicted molar refractivity (Wildman–Crippen MR) is 150 cm³/mol. The van der Waals surface area contributed by atoms with E-state index in [2.05, 4.69) is 12.2 Å². The molecule has 6 aliphatic rings. The number of carbonyl (C=O) groups excluding carboxylic acids is 2. The Balaban J connectivity index is 1.39. The van der Waals surface area contributed by atoms with Crippen LogP contribution in [0.15, 0.2) is 11.6 Å². The second-order valence-electron chi connectivity index (χ2n) is 14.0. The molecular formula is C32H50N2O6. The van der Waals surface area contributed by atoms with Crippen LogP contribution in [0.1, 0.15) is 97.3 Å². The number of carbonyl (C=O) groups is 2. The number of allylic oxidation sites excluding steroid dienone is 1. The van der Waals surface area contributed by atoms with Crippen molar-refractivity contribution in [3.05, 3.63) is 11.6 Å². The molecule has 3 saturated heterocycles. The largest absolute Gasteiger partial charge is 0.462 e. The van der Waals surface area contributed by atoms with Crippen molar-refractivity contribution in [1.29, 1.82) is 0 Å². The number of rotatable bonds is 5. The molecule has 1 spiro atoms. The van der Waals surface area contributed by atoms with Crippen molar-refractivity contribution < 1.29 is 28.9 Å². The molecule has 6 fully saturated rings. The van der Waals surface area contributed by atoms with Crippen LogP contribution >= 0.6 is 0 Å². The molecule has 0 radical (unpaired) electrons. The van der Waals surface area contributed by atoms with E-state index in [0.717, 1.165) is 51.5 Å². The molecule has 4 N–H and O–H groups in total. The quantitative estimate of drug-likeness (QED) is 0.342. The molecule has 3 aliphatic heterocycles. The maximum Gasteiger partial charge on any atom is 0.334 e. The number of nitrogens with two attached hydrogens (primary N) is 1. The minimum atomic E-state index is -0.782. The Hall–Kier alpha value is -1.48. The summed E-state index contributed by atoms with van der Waals surface area (Å²) in [4.78, 5) is 25.8. The van der Waals surface area contributed by atoms with Gasteiger partial charge in [0.15, 0.2) is 0 Å². The SMILES string of the molecule is CC=C(CCO)C(=O)O[C@]1(C)CC2CCCCC2[C@@H](C2CCC(N)NC2)[C@@]12CC1CC3CCC(=O)OC3CC1O2. The first-order valence-electron chi connectivity index (χ1n) is 16.1. The van der Waals surface area contributed by atoms with E-state index in [-0.39, 0.29) is 42.8 Å². The summed E-state index contributed by atoms with van der Waals surface area (Å²) in [6.45, 7) is 4.78. The fourth-order valence-corrected chi connectivity index (χ4v) is 10.1. The molecule has 224 valence electrons. The Morgan fingerprint density at radius 1 is 1.07 bits per heavy atom. The molecule has 6 rings (SSSR count). The third-order valence-corrected chi connectivity index (χ3v) is 11.9. The van der Waals surface area contributed by atoms with Crippen LogP contribution in [0.4, 0.5) is 0 Å². The number of fused-ring (bicyclic) bond motifs is 3. The first kappa shape index (κ1) is 28.6. The van der Waals surface area contributed by atoms with Crippen molar-refractivity contribution in [2.45, 2.75) is 127 Å². The molecule has 8 nitrogen and oxygen atoms in total. The highest BCUT2D eigenvalue weighted by Gasteiger charge is 2.70. The number of ether oxygens (including phenoxy) is 3. The topological polar surface area (TPSA) is 120 Å². The second kappa shape index (κ2) is 11.3. The summed E-state index contributed by atoms with van der Waals surface area (Å²) in [7, 11) is 0. The van der Waals surface area contributed by atoms with Crippen LogP contribution in [0.3, 0.4) is 0 Å². The Labute approximate surface area is 239 Å². The maximum atomic E-state index is 13.7. The molecule has 0 aromatic rings. The van der Waals surface area contributed by atoms with Crippen molar-refractivity contribution in [2.75, 3.05) is 13.2 Å². The van der Waals surface area contributed by atoms with Crippen molar-refractivity contribution >= 4 is 11.9 Å². The van der Waals surface area contributed by atoms with Gasteiger partial charge in [0.05, 0.1) is 12.3 Å². The molecule has 8 heteroatoms. The van der Waals surface area contributed by atoms with Crippen LogP contribution in [-0.4, -0.2) is 59.8 Å². The van der Waals surface area contributed by atoms with Crippen molar-refractivity contribution in [1.82, 2.24) is 5.32 Å². The van der Waals surface area contributed by atoms with Gasteiger partial charge in [0, 0.05) is 31.4 Å². The Morgan fingerprint density at radius 2 is 1.90 bits per heavy atom. The summed E-state index contributed by atoms with van der Waals surface area (Å²) in [5, 5.41) is 13.2. The lowest BCUT2D eigenvalue weighted by Crippen LogP contribution is -2.68. The van der Waals surface area contributed by atoms with E-state index in [4.69, 9.17) is 19.9 Å². The lowest BCUT2D eigenvalue weighted by molar-refractivity contribution is -0.266. The van der Waals surface area contributed by atoms with Crippen molar-refractivity contribution in [2.24, 2.45) is 41.2 Å². The Bertz CT molecular complexity index is 994. The summed E-state index contributed by atoms with van der Waals surface area (Å²) in [6, 6.07) is 0. The third-order valence-electron chi connectivity index (χ3n) is 11.9. The van der Waals surface area contributed by atoms with Gasteiger partial charge in [-0.15, -0.1) is 0 Å². The fraction of sp³-hybridized carbons (Fsp3) is 0.875. The number of piperidine rings is 1. The molecule has 8 unspecified atom stereocenters. The predicted octanol–water partition coefficient (Wildman–Crippen LogP) is 3.99. The normalized spacial score (nSPS) is 47.1. The molecular weight excluding hydrogens is 508 g/mol. The molecule has 3 saturated carbocycles. The van der Waals surface area contributed by atoms with Gasteiger partial charge in [-0.3, -0.25) is 4.79 Å². The van der Waals surface area contributed by atoms with Gasteiger partial charge in [0.1, 0.15) is 17.3 Å². The van der Waals surface area contributed by atoms with Gasteiger partial charge in [-0.1, -0.05) is 25.3 Å². The zero-order valence-electron chi connectivity index (χ0n) is 24.4. The van der Waals surface area contributed by atoms with Gasteiger partial charge in [0.2, 0.25) is 0 Å². The molecule has 11 atom stereocenters. The molecule has 0 amide bonds. The molecule has 3 heterocycles. The number of aliphatic hydroxyl groups is 1. The zero-order valence-corrected chi connectivity index (χ0v) is 24.4. The zero-order chi connectivity index (χ0) is 28.1. The molecule has 0 bridgehead atoms. The number of esters is 2. The molecule has 3 aliphatic carbocycles. The number of nitrogens with one attached hydrogen (secondary N) is 1. The van der Waals surface area contributed by atoms with E-state index in [9.17, 15) is 14.7 Å². The maximum absolute atomic E-state index is 13.7. The van der Waals surface area contributed by atoms with Crippen LogP contribution in [0.25, 0.3) is 0 Å². The van der Waals surface area contributed by atoms with Crippen molar-refractivity contribution in [3.63, 3.8) is 0 Å². The first-order chi connectivity index (χ1) is 19.3. The van der Waals surface area contributed by atoms with Gasteiger partial charge >= 0.3 is 11.9 Å². The fourth-order valence-electron chi connectivity index (χ4n) is 10.1. The van der Waals surface area contributed by atoms with E-state index < -0.39 is 11.2 Å². The monoisotopic (exact) mass is 558 g/mol.